The minimum absolute atomic E-state index is 0.764. The van der Waals surface area contributed by atoms with E-state index in [2.05, 4.69) is 9.97 Å². The number of hydrogen-bond donors (Lipinski definition) is 0. The minimum atomic E-state index is 0.764. The molecule has 6 aromatic rings. The first-order valence-electron chi connectivity index (χ1n) is 11.6. The van der Waals surface area contributed by atoms with Gasteiger partial charge in [-0.1, -0.05) is 36.4 Å². The molecule has 0 spiro atoms. The van der Waals surface area contributed by atoms with Crippen LogP contribution in [-0.2, 0) is 0 Å². The molecule has 36 heavy (non-hydrogen) atoms. The topological polar surface area (TPSA) is 77.3 Å². The predicted molar refractivity (Wildman–Crippen MR) is 140 cm³/mol. The first-order valence-corrected chi connectivity index (χ1v) is 11.6. The van der Waals surface area contributed by atoms with Gasteiger partial charge in [0, 0.05) is 12.4 Å². The van der Waals surface area contributed by atoms with Crippen LogP contribution in [0.2, 0.25) is 0 Å². The van der Waals surface area contributed by atoms with E-state index in [1.54, 1.807) is 12.4 Å². The zero-order chi connectivity index (χ0) is 24.2. The van der Waals surface area contributed by atoms with Crippen LogP contribution in [0.1, 0.15) is 0 Å². The third-order valence-corrected chi connectivity index (χ3v) is 5.64. The van der Waals surface area contributed by atoms with Crippen molar-refractivity contribution < 1.29 is 0 Å². The van der Waals surface area contributed by atoms with Crippen LogP contribution in [0.15, 0.2) is 122 Å². The van der Waals surface area contributed by atoms with Crippen molar-refractivity contribution in [2.24, 2.45) is 0 Å². The quantitative estimate of drug-likeness (QED) is 0.294. The normalized spacial score (nSPS) is 10.8. The Hall–Kier alpha value is -5.10. The van der Waals surface area contributed by atoms with Gasteiger partial charge in [0.05, 0.1) is 56.9 Å². The summed E-state index contributed by atoms with van der Waals surface area (Å²) in [4.78, 5) is 28.1. The third kappa shape index (κ3) is 4.48. The van der Waals surface area contributed by atoms with Gasteiger partial charge >= 0.3 is 0 Å². The van der Waals surface area contributed by atoms with Crippen LogP contribution >= 0.6 is 0 Å². The van der Waals surface area contributed by atoms with Gasteiger partial charge in [0.25, 0.3) is 0 Å². The molecule has 0 unspecified atom stereocenters. The van der Waals surface area contributed by atoms with Crippen molar-refractivity contribution in [1.82, 2.24) is 29.9 Å². The summed E-state index contributed by atoms with van der Waals surface area (Å²) in [5, 5.41) is 0. The van der Waals surface area contributed by atoms with E-state index in [4.69, 9.17) is 19.9 Å². The smallest absolute Gasteiger partial charge is 0.0894 e. The summed E-state index contributed by atoms with van der Waals surface area (Å²) < 4.78 is 0. The molecule has 6 aromatic heterocycles. The average molecular weight is 465 g/mol. The second kappa shape index (κ2) is 9.64. The zero-order valence-corrected chi connectivity index (χ0v) is 19.2. The van der Waals surface area contributed by atoms with Gasteiger partial charge in [-0.2, -0.15) is 0 Å². The van der Waals surface area contributed by atoms with Crippen molar-refractivity contribution in [2.75, 3.05) is 0 Å². The van der Waals surface area contributed by atoms with Crippen molar-refractivity contribution in [1.29, 1.82) is 0 Å². The van der Waals surface area contributed by atoms with Crippen LogP contribution in [0.25, 0.3) is 56.9 Å². The SMILES string of the molecule is c1ccc(-c2cccc(-c3cccc(-c4cccc(-c5cccc(-c6ccccn6)n5)n4)n3)n2)nc1. The van der Waals surface area contributed by atoms with Gasteiger partial charge in [-0.25, -0.2) is 19.9 Å². The molecule has 0 atom stereocenters. The molecule has 0 fully saturated rings. The lowest BCUT2D eigenvalue weighted by molar-refractivity contribution is 1.19. The van der Waals surface area contributed by atoms with Gasteiger partial charge in [-0.3, -0.25) is 9.97 Å². The fourth-order valence-corrected chi connectivity index (χ4v) is 3.91. The first kappa shape index (κ1) is 21.4. The van der Waals surface area contributed by atoms with Crippen LogP contribution in [0.4, 0.5) is 0 Å². The lowest BCUT2D eigenvalue weighted by Crippen LogP contribution is -1.95. The minimum Gasteiger partial charge on any atom is -0.255 e. The van der Waals surface area contributed by atoms with E-state index in [9.17, 15) is 0 Å². The van der Waals surface area contributed by atoms with Crippen molar-refractivity contribution in [3.8, 4) is 56.9 Å². The maximum absolute atomic E-state index is 4.87. The van der Waals surface area contributed by atoms with Crippen LogP contribution in [-0.4, -0.2) is 29.9 Å². The molecule has 0 aromatic carbocycles. The lowest BCUT2D eigenvalue weighted by Gasteiger charge is -2.08. The molecule has 0 saturated heterocycles. The van der Waals surface area contributed by atoms with Gasteiger partial charge < -0.3 is 0 Å². The molecule has 0 radical (unpaired) electrons. The van der Waals surface area contributed by atoms with Crippen LogP contribution in [0.3, 0.4) is 0 Å². The summed E-state index contributed by atoms with van der Waals surface area (Å²) in [5.74, 6) is 0. The summed E-state index contributed by atoms with van der Waals surface area (Å²) in [7, 11) is 0. The molecule has 0 aliphatic heterocycles. The van der Waals surface area contributed by atoms with E-state index in [0.29, 0.717) is 0 Å². The Bertz CT molecular complexity index is 1510. The molecule has 170 valence electrons. The molecule has 0 saturated carbocycles. The first-order chi connectivity index (χ1) is 17.8. The molecule has 0 bridgehead atoms. The van der Waals surface area contributed by atoms with Crippen molar-refractivity contribution >= 4 is 0 Å². The predicted octanol–water partition coefficient (Wildman–Crippen LogP) is 6.39. The molecule has 0 N–H and O–H groups in total. The maximum atomic E-state index is 4.87. The Labute approximate surface area is 208 Å². The standard InChI is InChI=1S/C30H20N6/c1-3-19-31-21(9-1)23-11-5-13-25(33-23)27-15-7-17-29(35-27)30-18-8-16-28(36-30)26-14-6-12-24(34-26)22-10-2-4-20-32-22/h1-20H. The van der Waals surface area contributed by atoms with Gasteiger partial charge in [0.2, 0.25) is 0 Å². The van der Waals surface area contributed by atoms with E-state index in [-0.39, 0.29) is 0 Å². The van der Waals surface area contributed by atoms with Gasteiger partial charge in [0.1, 0.15) is 0 Å². The number of nitrogens with zero attached hydrogens (tertiary/aromatic N) is 6. The van der Waals surface area contributed by atoms with Crippen molar-refractivity contribution in [3.63, 3.8) is 0 Å². The molecule has 6 heterocycles. The highest BCUT2D eigenvalue weighted by Crippen LogP contribution is 2.25. The highest BCUT2D eigenvalue weighted by molar-refractivity contribution is 5.67. The third-order valence-electron chi connectivity index (χ3n) is 5.64. The Balaban J connectivity index is 1.34. The van der Waals surface area contributed by atoms with Crippen molar-refractivity contribution in [2.45, 2.75) is 0 Å². The molecule has 6 nitrogen and oxygen atoms in total. The van der Waals surface area contributed by atoms with Crippen molar-refractivity contribution in [3.05, 3.63) is 122 Å². The summed E-state index contributed by atoms with van der Waals surface area (Å²) in [6, 6.07) is 35.1. The summed E-state index contributed by atoms with van der Waals surface area (Å²) >= 11 is 0. The number of rotatable bonds is 5. The highest BCUT2D eigenvalue weighted by Gasteiger charge is 2.10. The van der Waals surface area contributed by atoms with E-state index in [0.717, 1.165) is 56.9 Å². The molecular formula is C30H20N6. The number of hydrogen-bond acceptors (Lipinski definition) is 6. The Morgan fingerprint density at radius 3 is 0.750 bits per heavy atom. The Morgan fingerprint density at radius 1 is 0.250 bits per heavy atom. The molecule has 6 heteroatoms. The Morgan fingerprint density at radius 2 is 0.500 bits per heavy atom. The second-order valence-electron chi connectivity index (χ2n) is 8.06. The van der Waals surface area contributed by atoms with E-state index < -0.39 is 0 Å². The number of pyridine rings is 6. The summed E-state index contributed by atoms with van der Waals surface area (Å²) in [6.45, 7) is 0. The Kier molecular flexibility index (Phi) is 5.74. The van der Waals surface area contributed by atoms with E-state index >= 15 is 0 Å². The van der Waals surface area contributed by atoms with Gasteiger partial charge in [-0.05, 0) is 72.8 Å². The van der Waals surface area contributed by atoms with Gasteiger partial charge in [0.15, 0.2) is 0 Å². The van der Waals surface area contributed by atoms with Gasteiger partial charge in [-0.15, -0.1) is 0 Å². The summed E-state index contributed by atoms with van der Waals surface area (Å²) in [5.41, 5.74) is 7.89. The second-order valence-corrected chi connectivity index (χ2v) is 8.06. The van der Waals surface area contributed by atoms with E-state index in [1.165, 1.54) is 0 Å². The van der Waals surface area contributed by atoms with Crippen LogP contribution in [0.5, 0.6) is 0 Å². The number of aromatic nitrogens is 6. The molecule has 0 aliphatic rings. The molecule has 0 amide bonds. The summed E-state index contributed by atoms with van der Waals surface area (Å²) in [6.07, 6.45) is 3.53. The fraction of sp³-hybridized carbons (Fsp3) is 0. The lowest BCUT2D eigenvalue weighted by atomic mass is 10.1. The zero-order valence-electron chi connectivity index (χ0n) is 19.2. The molecule has 0 aliphatic carbocycles. The maximum Gasteiger partial charge on any atom is 0.0894 e. The fourth-order valence-electron chi connectivity index (χ4n) is 3.91. The average Bonchev–Trinajstić information content (AvgIpc) is 2.98. The monoisotopic (exact) mass is 464 g/mol. The highest BCUT2D eigenvalue weighted by atomic mass is 14.9. The van der Waals surface area contributed by atoms with E-state index in [1.807, 2.05) is 109 Å². The molecule has 6 rings (SSSR count). The molecular weight excluding hydrogens is 444 g/mol. The van der Waals surface area contributed by atoms with Crippen LogP contribution in [0, 0.1) is 0 Å². The largest absolute Gasteiger partial charge is 0.255 e. The van der Waals surface area contributed by atoms with Crippen LogP contribution < -0.4 is 0 Å².